The maximum absolute atomic E-state index is 5.36. The minimum Gasteiger partial charge on any atom is -0.497 e. The highest BCUT2D eigenvalue weighted by Gasteiger charge is 2.24. The quantitative estimate of drug-likeness (QED) is 0.872. The molecule has 0 bridgehead atoms. The summed E-state index contributed by atoms with van der Waals surface area (Å²) < 4.78 is 10.7. The summed E-state index contributed by atoms with van der Waals surface area (Å²) in [4.78, 5) is 9.61. The predicted octanol–water partition coefficient (Wildman–Crippen LogP) is 3.09. The molecule has 2 aliphatic rings. The number of rotatable bonds is 3. The van der Waals surface area contributed by atoms with E-state index in [1.165, 1.54) is 22.3 Å². The van der Waals surface area contributed by atoms with Crippen LogP contribution in [0.1, 0.15) is 22.3 Å². The molecule has 0 spiro atoms. The van der Waals surface area contributed by atoms with Crippen molar-refractivity contribution in [1.29, 1.82) is 0 Å². The average molecular weight is 320 g/mol. The van der Waals surface area contributed by atoms with Gasteiger partial charge in [0.15, 0.2) is 0 Å². The fourth-order valence-electron chi connectivity index (χ4n) is 3.42. The van der Waals surface area contributed by atoms with Crippen molar-refractivity contribution in [2.45, 2.75) is 12.8 Å². The van der Waals surface area contributed by atoms with Crippen molar-refractivity contribution in [3.63, 3.8) is 0 Å². The number of ether oxygens (including phenoxy) is 2. The molecule has 0 saturated heterocycles. The van der Waals surface area contributed by atoms with Gasteiger partial charge in [0.05, 0.1) is 25.6 Å². The first-order valence-corrected chi connectivity index (χ1v) is 8.24. The Labute approximate surface area is 141 Å². The standard InChI is InChI=1S/C20H20N2O2/c1-23-15-3-5-17-13(11-15)7-9-21-19(17)20-18-6-4-16(24-2)12-14(18)8-10-22-20/h3-6,11-12H,7-10H2,1-2H3. The molecule has 2 aromatic rings. The van der Waals surface area contributed by atoms with Gasteiger partial charge in [-0.3, -0.25) is 9.98 Å². The van der Waals surface area contributed by atoms with Gasteiger partial charge in [-0.1, -0.05) is 0 Å². The summed E-state index contributed by atoms with van der Waals surface area (Å²) in [5, 5.41) is 0. The van der Waals surface area contributed by atoms with Crippen LogP contribution in [-0.2, 0) is 12.8 Å². The van der Waals surface area contributed by atoms with Gasteiger partial charge in [0.1, 0.15) is 11.5 Å². The molecule has 0 N–H and O–H groups in total. The number of nitrogens with zero attached hydrogens (tertiary/aromatic N) is 2. The molecular weight excluding hydrogens is 300 g/mol. The van der Waals surface area contributed by atoms with Crippen molar-refractivity contribution in [1.82, 2.24) is 0 Å². The van der Waals surface area contributed by atoms with Gasteiger partial charge in [-0.15, -0.1) is 0 Å². The molecule has 24 heavy (non-hydrogen) atoms. The van der Waals surface area contributed by atoms with Crippen LogP contribution in [0.3, 0.4) is 0 Å². The topological polar surface area (TPSA) is 43.2 Å². The second-order valence-corrected chi connectivity index (χ2v) is 6.01. The molecule has 2 aromatic carbocycles. The third-order valence-corrected chi connectivity index (χ3v) is 4.66. The highest BCUT2D eigenvalue weighted by atomic mass is 16.5. The molecule has 0 fully saturated rings. The summed E-state index contributed by atoms with van der Waals surface area (Å²) in [6.07, 6.45) is 1.89. The Morgan fingerprint density at radius 2 is 1.17 bits per heavy atom. The van der Waals surface area contributed by atoms with Crippen molar-refractivity contribution in [3.05, 3.63) is 58.7 Å². The van der Waals surface area contributed by atoms with Gasteiger partial charge in [-0.2, -0.15) is 0 Å². The zero-order valence-electron chi connectivity index (χ0n) is 14.0. The molecule has 2 heterocycles. The third kappa shape index (κ3) is 2.48. The number of fused-ring (bicyclic) bond motifs is 2. The largest absolute Gasteiger partial charge is 0.497 e. The van der Waals surface area contributed by atoms with Crippen LogP contribution in [0.5, 0.6) is 11.5 Å². The zero-order valence-corrected chi connectivity index (χ0v) is 14.0. The first-order valence-electron chi connectivity index (χ1n) is 8.24. The monoisotopic (exact) mass is 320 g/mol. The molecule has 0 amide bonds. The van der Waals surface area contributed by atoms with E-state index >= 15 is 0 Å². The average Bonchev–Trinajstić information content (AvgIpc) is 2.66. The van der Waals surface area contributed by atoms with Crippen molar-refractivity contribution >= 4 is 11.4 Å². The zero-order chi connectivity index (χ0) is 16.5. The van der Waals surface area contributed by atoms with Gasteiger partial charge in [-0.05, 0) is 60.4 Å². The molecule has 4 rings (SSSR count). The molecule has 0 saturated carbocycles. The molecule has 2 aliphatic heterocycles. The summed E-state index contributed by atoms with van der Waals surface area (Å²) >= 11 is 0. The van der Waals surface area contributed by atoms with E-state index in [0.29, 0.717) is 0 Å². The molecule has 0 unspecified atom stereocenters. The van der Waals surface area contributed by atoms with Crippen LogP contribution < -0.4 is 9.47 Å². The maximum atomic E-state index is 5.36. The Morgan fingerprint density at radius 3 is 1.58 bits per heavy atom. The van der Waals surface area contributed by atoms with E-state index in [1.54, 1.807) is 14.2 Å². The predicted molar refractivity (Wildman–Crippen MR) is 96.2 cm³/mol. The molecule has 4 nitrogen and oxygen atoms in total. The lowest BCUT2D eigenvalue weighted by molar-refractivity contribution is 0.414. The third-order valence-electron chi connectivity index (χ3n) is 4.66. The minimum absolute atomic E-state index is 0.792. The lowest BCUT2D eigenvalue weighted by Gasteiger charge is -2.23. The Morgan fingerprint density at radius 1 is 0.708 bits per heavy atom. The Hall–Kier alpha value is -2.62. The van der Waals surface area contributed by atoms with Gasteiger partial charge in [-0.25, -0.2) is 0 Å². The molecular formula is C20H20N2O2. The maximum Gasteiger partial charge on any atom is 0.119 e. The Bertz CT molecular complexity index is 781. The molecule has 0 aliphatic carbocycles. The van der Waals surface area contributed by atoms with E-state index < -0.39 is 0 Å². The Kier molecular flexibility index (Phi) is 3.81. The lowest BCUT2D eigenvalue weighted by atomic mass is 9.88. The SMILES string of the molecule is COc1ccc2c(c1)CCN=C2C1=NCCc2cc(OC)ccc21. The van der Waals surface area contributed by atoms with Crippen molar-refractivity contribution in [2.24, 2.45) is 9.98 Å². The van der Waals surface area contributed by atoms with E-state index in [9.17, 15) is 0 Å². The summed E-state index contributed by atoms with van der Waals surface area (Å²) in [5.74, 6) is 1.79. The number of hydrogen-bond acceptors (Lipinski definition) is 4. The summed E-state index contributed by atoms with van der Waals surface area (Å²) in [7, 11) is 3.41. The Balaban J connectivity index is 1.78. The smallest absolute Gasteiger partial charge is 0.119 e. The number of benzene rings is 2. The minimum atomic E-state index is 0.792. The highest BCUT2D eigenvalue weighted by molar-refractivity contribution is 6.54. The normalized spacial score (nSPS) is 15.8. The number of methoxy groups -OCH3 is 2. The second kappa shape index (κ2) is 6.11. The first kappa shape index (κ1) is 14.9. The van der Waals surface area contributed by atoms with Crippen LogP contribution in [0.15, 0.2) is 46.4 Å². The van der Waals surface area contributed by atoms with Gasteiger partial charge in [0.25, 0.3) is 0 Å². The fourth-order valence-corrected chi connectivity index (χ4v) is 3.42. The van der Waals surface area contributed by atoms with Crippen molar-refractivity contribution in [3.8, 4) is 11.5 Å². The summed E-state index contributed by atoms with van der Waals surface area (Å²) in [6.45, 7) is 1.58. The molecule has 0 atom stereocenters. The molecule has 4 heteroatoms. The van der Waals surface area contributed by atoms with Crippen molar-refractivity contribution < 1.29 is 9.47 Å². The van der Waals surface area contributed by atoms with Gasteiger partial charge in [0, 0.05) is 24.2 Å². The van der Waals surface area contributed by atoms with Crippen LogP contribution in [-0.4, -0.2) is 38.7 Å². The van der Waals surface area contributed by atoms with Gasteiger partial charge >= 0.3 is 0 Å². The van der Waals surface area contributed by atoms with Crippen molar-refractivity contribution in [2.75, 3.05) is 27.3 Å². The van der Waals surface area contributed by atoms with Crippen LogP contribution in [0.25, 0.3) is 0 Å². The fraction of sp³-hybridized carbons (Fsp3) is 0.300. The second-order valence-electron chi connectivity index (χ2n) is 6.01. The van der Waals surface area contributed by atoms with Crippen LogP contribution in [0.2, 0.25) is 0 Å². The molecule has 0 aromatic heterocycles. The highest BCUT2D eigenvalue weighted by Crippen LogP contribution is 2.27. The number of hydrogen-bond donors (Lipinski definition) is 0. The van der Waals surface area contributed by atoms with E-state index in [4.69, 9.17) is 19.5 Å². The number of aliphatic imine (C=N–C) groups is 2. The van der Waals surface area contributed by atoms with Gasteiger partial charge in [0.2, 0.25) is 0 Å². The van der Waals surface area contributed by atoms with E-state index in [2.05, 4.69) is 24.3 Å². The van der Waals surface area contributed by atoms with Crippen LogP contribution in [0.4, 0.5) is 0 Å². The summed E-state index contributed by atoms with van der Waals surface area (Å²) in [6, 6.07) is 12.4. The van der Waals surface area contributed by atoms with Gasteiger partial charge < -0.3 is 9.47 Å². The van der Waals surface area contributed by atoms with E-state index in [0.717, 1.165) is 48.9 Å². The molecule has 0 radical (unpaired) electrons. The first-order chi connectivity index (χ1) is 11.8. The van der Waals surface area contributed by atoms with E-state index in [-0.39, 0.29) is 0 Å². The van der Waals surface area contributed by atoms with Crippen LogP contribution >= 0.6 is 0 Å². The molecule has 122 valence electrons. The van der Waals surface area contributed by atoms with Crippen LogP contribution in [0, 0.1) is 0 Å². The van der Waals surface area contributed by atoms with E-state index in [1.807, 2.05) is 12.1 Å². The lowest BCUT2D eigenvalue weighted by Crippen LogP contribution is -2.26. The summed E-state index contributed by atoms with van der Waals surface area (Å²) in [5.41, 5.74) is 6.91.